The number of carbonyl (C=O) groups excluding carboxylic acids is 1. The monoisotopic (exact) mass is 472 g/mol. The molecule has 3 aliphatic rings. The largest absolute Gasteiger partial charge is 0.369 e. The summed E-state index contributed by atoms with van der Waals surface area (Å²) in [5.74, 6) is 1.51. The molecule has 4 heterocycles. The Morgan fingerprint density at radius 3 is 2.38 bits per heavy atom. The molecule has 3 fully saturated rings. The van der Waals surface area contributed by atoms with Crippen LogP contribution in [-0.4, -0.2) is 96.8 Å². The summed E-state index contributed by atoms with van der Waals surface area (Å²) in [6.07, 6.45) is 12.6. The molecule has 2 unspecified atom stereocenters. The van der Waals surface area contributed by atoms with Crippen molar-refractivity contribution in [1.29, 1.82) is 0 Å². The molecule has 1 aromatic rings. The number of nitrogens with one attached hydrogen (secondary N) is 1. The zero-order valence-corrected chi connectivity index (χ0v) is 21.4. The second kappa shape index (κ2) is 12.3. The molecule has 2 atom stereocenters. The highest BCUT2D eigenvalue weighted by Gasteiger charge is 2.40. The number of aromatic nitrogens is 2. The van der Waals surface area contributed by atoms with Crippen LogP contribution in [0.25, 0.3) is 0 Å². The first-order chi connectivity index (χ1) is 16.5. The lowest BCUT2D eigenvalue weighted by Gasteiger charge is -2.39. The van der Waals surface area contributed by atoms with E-state index in [0.29, 0.717) is 18.0 Å². The fraction of sp³-hybridized carbons (Fsp3) is 0.808. The zero-order valence-electron chi connectivity index (χ0n) is 21.4. The van der Waals surface area contributed by atoms with E-state index in [1.165, 1.54) is 37.7 Å². The maximum atomic E-state index is 11.7. The zero-order chi connectivity index (χ0) is 23.9. The van der Waals surface area contributed by atoms with Crippen LogP contribution in [0.4, 0.5) is 5.95 Å². The van der Waals surface area contributed by atoms with Crippen molar-refractivity contribution in [2.45, 2.75) is 82.9 Å². The van der Waals surface area contributed by atoms with Crippen molar-refractivity contribution < 1.29 is 9.53 Å². The lowest BCUT2D eigenvalue weighted by molar-refractivity contribution is -0.127. The summed E-state index contributed by atoms with van der Waals surface area (Å²) in [6.45, 7) is 10.5. The number of ether oxygens (including phenoxy) is 1. The lowest BCUT2D eigenvalue weighted by Crippen LogP contribution is -2.53. The number of piperidine rings is 1. The lowest BCUT2D eigenvalue weighted by atomic mass is 9.91. The summed E-state index contributed by atoms with van der Waals surface area (Å²) >= 11 is 0. The van der Waals surface area contributed by atoms with Crippen LogP contribution in [0.3, 0.4) is 0 Å². The average Bonchev–Trinajstić information content (AvgIpc) is 3.11. The van der Waals surface area contributed by atoms with Crippen molar-refractivity contribution in [1.82, 2.24) is 25.1 Å². The van der Waals surface area contributed by atoms with E-state index in [0.717, 1.165) is 58.1 Å². The molecule has 8 heteroatoms. The molecule has 34 heavy (non-hydrogen) atoms. The number of amides is 1. The molecule has 3 saturated heterocycles. The maximum Gasteiger partial charge on any atom is 0.246 e. The minimum absolute atomic E-state index is 0.0105. The number of likely N-dealkylation sites (tertiary alicyclic amines) is 2. The second-order valence-corrected chi connectivity index (χ2v) is 10.7. The fourth-order valence-electron chi connectivity index (χ4n) is 5.76. The van der Waals surface area contributed by atoms with Crippen LogP contribution in [-0.2, 0) is 9.53 Å². The Morgan fingerprint density at radius 2 is 1.74 bits per heavy atom. The fourth-order valence-corrected chi connectivity index (χ4v) is 5.76. The van der Waals surface area contributed by atoms with Gasteiger partial charge in [0.2, 0.25) is 11.9 Å². The second-order valence-electron chi connectivity index (χ2n) is 10.7. The van der Waals surface area contributed by atoms with Crippen LogP contribution in [0.2, 0.25) is 0 Å². The summed E-state index contributed by atoms with van der Waals surface area (Å²) in [7, 11) is 2.23. The number of hydrogen-bond donors (Lipinski definition) is 1. The average molecular weight is 473 g/mol. The van der Waals surface area contributed by atoms with Gasteiger partial charge in [0.15, 0.2) is 0 Å². The van der Waals surface area contributed by atoms with Crippen molar-refractivity contribution in [3.63, 3.8) is 0 Å². The van der Waals surface area contributed by atoms with Crippen LogP contribution in [0.5, 0.6) is 0 Å². The van der Waals surface area contributed by atoms with Crippen molar-refractivity contribution in [2.75, 3.05) is 57.8 Å². The Kier molecular flexibility index (Phi) is 9.14. The van der Waals surface area contributed by atoms with Gasteiger partial charge in [0.05, 0.1) is 6.10 Å². The van der Waals surface area contributed by atoms with Gasteiger partial charge in [-0.2, -0.15) is 0 Å². The van der Waals surface area contributed by atoms with Crippen LogP contribution in [0.15, 0.2) is 12.4 Å². The van der Waals surface area contributed by atoms with Crippen LogP contribution >= 0.6 is 0 Å². The first kappa shape index (κ1) is 25.3. The molecule has 1 amide bonds. The standard InChI is InChI=1S/C26H44N6O2/c1-20(2)34-19-25(33)27-11-5-4-6-12-31-13-9-21(10-14-31)22-15-28-26(29-16-22)32-23-7-8-24(32)18-30(3)17-23/h15-16,20-21,23-24H,4-14,17-19H2,1-3H3,(H,27,33). The summed E-state index contributed by atoms with van der Waals surface area (Å²) < 4.78 is 5.32. The Labute approximate surface area is 205 Å². The summed E-state index contributed by atoms with van der Waals surface area (Å²) in [4.78, 5) is 28.8. The molecule has 1 N–H and O–H groups in total. The first-order valence-electron chi connectivity index (χ1n) is 13.4. The molecule has 3 aliphatic heterocycles. The van der Waals surface area contributed by atoms with E-state index in [2.05, 4.69) is 39.5 Å². The van der Waals surface area contributed by atoms with Gasteiger partial charge in [-0.3, -0.25) is 4.79 Å². The normalized spacial score (nSPS) is 24.2. The van der Waals surface area contributed by atoms with Crippen LogP contribution < -0.4 is 10.2 Å². The molecule has 0 radical (unpaired) electrons. The number of hydrogen-bond acceptors (Lipinski definition) is 7. The molecule has 0 aliphatic carbocycles. The van der Waals surface area contributed by atoms with Gasteiger partial charge in [-0.1, -0.05) is 6.42 Å². The number of fused-ring (bicyclic) bond motifs is 2. The Bertz CT molecular complexity index is 751. The van der Waals surface area contributed by atoms with Crippen molar-refractivity contribution in [3.8, 4) is 0 Å². The summed E-state index contributed by atoms with van der Waals surface area (Å²) in [5, 5.41) is 2.94. The number of unbranched alkanes of at least 4 members (excludes halogenated alkanes) is 2. The van der Waals surface area contributed by atoms with Gasteiger partial charge in [-0.05, 0) is 90.5 Å². The highest BCUT2D eigenvalue weighted by atomic mass is 16.5. The molecule has 4 rings (SSSR count). The van der Waals surface area contributed by atoms with Crippen LogP contribution in [0.1, 0.15) is 70.3 Å². The van der Waals surface area contributed by atoms with E-state index in [1.54, 1.807) is 0 Å². The Hall–Kier alpha value is -1.77. The molecular weight excluding hydrogens is 428 g/mol. The summed E-state index contributed by atoms with van der Waals surface area (Å²) in [5.41, 5.74) is 1.31. The number of likely N-dealkylation sites (N-methyl/N-ethyl adjacent to an activating group) is 1. The molecule has 0 spiro atoms. The quantitative estimate of drug-likeness (QED) is 0.496. The number of piperazine rings is 1. The van der Waals surface area contributed by atoms with Gasteiger partial charge in [-0.15, -0.1) is 0 Å². The van der Waals surface area contributed by atoms with Gasteiger partial charge in [0.25, 0.3) is 0 Å². The van der Waals surface area contributed by atoms with Crippen molar-refractivity contribution >= 4 is 11.9 Å². The molecule has 0 saturated carbocycles. The first-order valence-corrected chi connectivity index (χ1v) is 13.4. The van der Waals surface area contributed by atoms with E-state index in [-0.39, 0.29) is 18.6 Å². The molecule has 2 bridgehead atoms. The smallest absolute Gasteiger partial charge is 0.246 e. The minimum Gasteiger partial charge on any atom is -0.369 e. The third kappa shape index (κ3) is 6.89. The molecule has 190 valence electrons. The summed E-state index contributed by atoms with van der Waals surface area (Å²) in [6, 6.07) is 1.15. The van der Waals surface area contributed by atoms with Gasteiger partial charge >= 0.3 is 0 Å². The number of carbonyl (C=O) groups is 1. The highest BCUT2D eigenvalue weighted by molar-refractivity contribution is 5.77. The number of anilines is 1. The number of rotatable bonds is 11. The minimum atomic E-state index is -0.0105. The van der Waals surface area contributed by atoms with E-state index >= 15 is 0 Å². The third-order valence-corrected chi connectivity index (χ3v) is 7.63. The van der Waals surface area contributed by atoms with E-state index in [4.69, 9.17) is 14.7 Å². The van der Waals surface area contributed by atoms with Gasteiger partial charge in [-0.25, -0.2) is 9.97 Å². The van der Waals surface area contributed by atoms with E-state index in [1.807, 2.05) is 13.8 Å². The van der Waals surface area contributed by atoms with Gasteiger partial charge in [0, 0.05) is 44.1 Å². The van der Waals surface area contributed by atoms with Gasteiger partial charge in [0.1, 0.15) is 6.61 Å². The Morgan fingerprint density at radius 1 is 1.06 bits per heavy atom. The molecule has 8 nitrogen and oxygen atoms in total. The van der Waals surface area contributed by atoms with Gasteiger partial charge < -0.3 is 24.8 Å². The van der Waals surface area contributed by atoms with E-state index < -0.39 is 0 Å². The van der Waals surface area contributed by atoms with Crippen molar-refractivity contribution in [2.24, 2.45) is 0 Å². The highest BCUT2D eigenvalue weighted by Crippen LogP contribution is 2.33. The number of nitrogens with zero attached hydrogens (tertiary/aromatic N) is 5. The Balaban J connectivity index is 1.11. The van der Waals surface area contributed by atoms with E-state index in [9.17, 15) is 4.79 Å². The van der Waals surface area contributed by atoms with Crippen LogP contribution in [0, 0.1) is 0 Å². The molecular formula is C26H44N6O2. The predicted molar refractivity (Wildman–Crippen MR) is 135 cm³/mol. The topological polar surface area (TPSA) is 73.8 Å². The maximum absolute atomic E-state index is 11.7. The molecule has 1 aromatic heterocycles. The molecule has 0 aromatic carbocycles. The third-order valence-electron chi connectivity index (χ3n) is 7.63. The SMILES string of the molecule is CC(C)OCC(=O)NCCCCCN1CCC(c2cnc(N3C4CCC3CN(C)C4)nc2)CC1. The predicted octanol–water partition coefficient (Wildman–Crippen LogP) is 2.65. The van der Waals surface area contributed by atoms with Crippen molar-refractivity contribution in [3.05, 3.63) is 18.0 Å².